The van der Waals surface area contributed by atoms with E-state index in [0.717, 1.165) is 30.6 Å². The first-order valence-corrected chi connectivity index (χ1v) is 13.5. The van der Waals surface area contributed by atoms with Gasteiger partial charge in [0.25, 0.3) is 0 Å². The molecule has 0 aromatic heterocycles. The van der Waals surface area contributed by atoms with Gasteiger partial charge >= 0.3 is 0 Å². The highest BCUT2D eigenvalue weighted by Gasteiger charge is 2.75. The summed E-state index contributed by atoms with van der Waals surface area (Å²) < 4.78 is 6.75. The third-order valence-corrected chi connectivity index (χ3v) is 13.4. The van der Waals surface area contributed by atoms with Crippen molar-refractivity contribution in [1.29, 1.82) is 0 Å². The molecule has 2 nitrogen and oxygen atoms in total. The van der Waals surface area contributed by atoms with E-state index in [4.69, 9.17) is 4.74 Å². The number of fused-ring (bicyclic) bond motifs is 7. The Morgan fingerprint density at radius 3 is 2.16 bits per heavy atom. The molecular weight excluding hydrogens is 380 g/mol. The second-order valence-electron chi connectivity index (χ2n) is 14.9. The predicted octanol–water partition coefficient (Wildman–Crippen LogP) is 7.20. The Hall–Kier alpha value is -0.370. The molecule has 0 unspecified atom stereocenters. The molecule has 5 saturated carbocycles. The van der Waals surface area contributed by atoms with Crippen molar-refractivity contribution < 1.29 is 9.53 Å². The summed E-state index contributed by atoms with van der Waals surface area (Å²) in [6.45, 7) is 17.5. The molecule has 7 fully saturated rings. The van der Waals surface area contributed by atoms with Gasteiger partial charge in [0.2, 0.25) is 0 Å². The fraction of sp³-hybridized carbons (Fsp3) is 0.966. The molecule has 2 saturated heterocycles. The van der Waals surface area contributed by atoms with Crippen molar-refractivity contribution in [2.75, 3.05) is 0 Å². The maximum Gasteiger partial charge on any atom is 0.138 e. The highest BCUT2D eigenvalue weighted by molar-refractivity contribution is 5.85. The minimum absolute atomic E-state index is 0.133. The Morgan fingerprint density at radius 1 is 0.742 bits per heavy atom. The summed E-state index contributed by atoms with van der Waals surface area (Å²) in [7, 11) is 0. The van der Waals surface area contributed by atoms with Crippen LogP contribution in [0.2, 0.25) is 0 Å². The van der Waals surface area contributed by atoms with Crippen molar-refractivity contribution in [3.63, 3.8) is 0 Å². The van der Waals surface area contributed by atoms with E-state index in [2.05, 4.69) is 48.5 Å². The van der Waals surface area contributed by atoms with Crippen LogP contribution in [0.15, 0.2) is 0 Å². The predicted molar refractivity (Wildman–Crippen MR) is 125 cm³/mol. The third kappa shape index (κ3) is 2.23. The van der Waals surface area contributed by atoms with E-state index in [1.165, 1.54) is 51.4 Å². The Labute approximate surface area is 190 Å². The zero-order valence-corrected chi connectivity index (χ0v) is 21.3. The van der Waals surface area contributed by atoms with Crippen molar-refractivity contribution >= 4 is 5.78 Å². The third-order valence-electron chi connectivity index (χ3n) is 13.4. The monoisotopic (exact) mass is 426 g/mol. The van der Waals surface area contributed by atoms with Gasteiger partial charge in [-0.15, -0.1) is 0 Å². The Balaban J connectivity index is 1.38. The van der Waals surface area contributed by atoms with Gasteiger partial charge in [0.15, 0.2) is 0 Å². The number of Topliss-reactive ketones (excluding diaryl/α,β-unsaturated/α-hetero) is 1. The standard InChI is InChI=1S/C29H46O2/c1-24(2)14-16-29-17-15-27(6)18(22(29)23(24)31-29)8-9-20-26(5)12-11-21(30)25(3,4)19(26)10-13-28(20,27)7/h18-20,22-23H,8-17H2,1-7H3/t18-,19+,20-,22+,23-,26+,27-,28-,29+/m1/s1. The van der Waals surface area contributed by atoms with Gasteiger partial charge < -0.3 is 4.74 Å². The van der Waals surface area contributed by atoms with E-state index in [-0.39, 0.29) is 11.0 Å². The van der Waals surface area contributed by atoms with Gasteiger partial charge in [-0.3, -0.25) is 4.79 Å². The van der Waals surface area contributed by atoms with Crippen LogP contribution in [-0.4, -0.2) is 17.5 Å². The van der Waals surface area contributed by atoms with Crippen LogP contribution in [0, 0.1) is 50.7 Å². The molecule has 174 valence electrons. The number of carbonyl (C=O) groups is 1. The SMILES string of the molecule is CC1(C)CC[C@]23CC[C@]4(C)[C@H](CC[C@@H]5[C@@]6(C)CCC(=O)C(C)(C)[C@@H]6CC[C@]54C)[C@H]2[C@H]1O3. The number of hydrogen-bond donors (Lipinski definition) is 0. The molecule has 1 spiro atoms. The largest absolute Gasteiger partial charge is 0.370 e. The molecule has 2 heteroatoms. The van der Waals surface area contributed by atoms with Crippen LogP contribution in [-0.2, 0) is 9.53 Å². The van der Waals surface area contributed by atoms with E-state index < -0.39 is 0 Å². The van der Waals surface area contributed by atoms with Gasteiger partial charge in [-0.1, -0.05) is 48.5 Å². The van der Waals surface area contributed by atoms with Gasteiger partial charge in [-0.2, -0.15) is 0 Å². The lowest BCUT2D eigenvalue weighted by Gasteiger charge is -2.77. The summed E-state index contributed by atoms with van der Waals surface area (Å²) in [5.74, 6) is 3.50. The normalized spacial score (nSPS) is 58.8. The van der Waals surface area contributed by atoms with Crippen molar-refractivity contribution in [3.05, 3.63) is 0 Å². The van der Waals surface area contributed by atoms with Gasteiger partial charge in [0, 0.05) is 17.8 Å². The zero-order chi connectivity index (χ0) is 22.2. The maximum atomic E-state index is 12.9. The average molecular weight is 427 g/mol. The molecule has 2 heterocycles. The molecule has 2 bridgehead atoms. The molecule has 0 N–H and O–H groups in total. The lowest BCUT2D eigenvalue weighted by Crippen LogP contribution is -2.76. The first-order valence-electron chi connectivity index (χ1n) is 13.5. The smallest absolute Gasteiger partial charge is 0.138 e. The quantitative estimate of drug-likeness (QED) is 0.409. The first-order chi connectivity index (χ1) is 14.3. The molecule has 5 aliphatic carbocycles. The highest BCUT2D eigenvalue weighted by Crippen LogP contribution is 2.78. The fourth-order valence-corrected chi connectivity index (χ4v) is 11.4. The van der Waals surface area contributed by atoms with E-state index in [1.54, 1.807) is 0 Å². The summed E-state index contributed by atoms with van der Waals surface area (Å²) >= 11 is 0. The minimum Gasteiger partial charge on any atom is -0.370 e. The van der Waals surface area contributed by atoms with Crippen LogP contribution in [0.5, 0.6) is 0 Å². The number of ketones is 1. The van der Waals surface area contributed by atoms with E-state index in [1.807, 2.05) is 0 Å². The molecule has 0 aromatic rings. The minimum atomic E-state index is -0.133. The van der Waals surface area contributed by atoms with Gasteiger partial charge in [-0.25, -0.2) is 0 Å². The Bertz CT molecular complexity index is 823. The summed E-state index contributed by atoms with van der Waals surface area (Å²) in [5, 5.41) is 0. The van der Waals surface area contributed by atoms with Gasteiger partial charge in [-0.05, 0) is 97.2 Å². The van der Waals surface area contributed by atoms with Crippen molar-refractivity contribution in [3.8, 4) is 0 Å². The number of rotatable bonds is 0. The van der Waals surface area contributed by atoms with Gasteiger partial charge in [0.05, 0.1) is 11.7 Å². The van der Waals surface area contributed by atoms with Crippen LogP contribution in [0.3, 0.4) is 0 Å². The van der Waals surface area contributed by atoms with E-state index in [9.17, 15) is 4.79 Å². The van der Waals surface area contributed by atoms with Crippen LogP contribution >= 0.6 is 0 Å². The number of hydrogen-bond acceptors (Lipinski definition) is 2. The molecule has 2 aliphatic heterocycles. The molecule has 0 radical (unpaired) electrons. The number of carbonyl (C=O) groups excluding carboxylic acids is 1. The molecule has 7 aliphatic rings. The van der Waals surface area contributed by atoms with E-state index in [0.29, 0.717) is 39.5 Å². The van der Waals surface area contributed by atoms with Crippen LogP contribution < -0.4 is 0 Å². The van der Waals surface area contributed by atoms with Crippen molar-refractivity contribution in [2.24, 2.45) is 50.7 Å². The second-order valence-corrected chi connectivity index (χ2v) is 14.9. The lowest BCUT2D eigenvalue weighted by atomic mass is 9.31. The summed E-state index contributed by atoms with van der Waals surface area (Å²) in [6.07, 6.45) is 13.1. The summed E-state index contributed by atoms with van der Waals surface area (Å²) in [6, 6.07) is 0. The molecular formula is C29H46O2. The van der Waals surface area contributed by atoms with Crippen molar-refractivity contribution in [1.82, 2.24) is 0 Å². The molecule has 7 rings (SSSR count). The van der Waals surface area contributed by atoms with Crippen LogP contribution in [0.4, 0.5) is 0 Å². The first kappa shape index (κ1) is 21.2. The topological polar surface area (TPSA) is 26.3 Å². The molecule has 9 atom stereocenters. The molecule has 0 amide bonds. The summed E-state index contributed by atoms with van der Waals surface area (Å²) in [4.78, 5) is 12.9. The van der Waals surface area contributed by atoms with Crippen LogP contribution in [0.25, 0.3) is 0 Å². The average Bonchev–Trinajstić information content (AvgIpc) is 2.66. The zero-order valence-electron chi connectivity index (χ0n) is 21.3. The Morgan fingerprint density at radius 2 is 1.45 bits per heavy atom. The fourth-order valence-electron chi connectivity index (χ4n) is 11.4. The van der Waals surface area contributed by atoms with Gasteiger partial charge in [0.1, 0.15) is 5.78 Å². The maximum absolute atomic E-state index is 12.9. The highest BCUT2D eigenvalue weighted by atomic mass is 16.5. The van der Waals surface area contributed by atoms with Crippen molar-refractivity contribution in [2.45, 2.75) is 124 Å². The summed E-state index contributed by atoms with van der Waals surface area (Å²) in [5.41, 5.74) is 1.62. The Kier molecular flexibility index (Phi) is 3.97. The van der Waals surface area contributed by atoms with Crippen LogP contribution in [0.1, 0.15) is 113 Å². The second kappa shape index (κ2) is 5.81. The molecule has 31 heavy (non-hydrogen) atoms. The number of ether oxygens (including phenoxy) is 1. The van der Waals surface area contributed by atoms with E-state index >= 15 is 0 Å². The lowest BCUT2D eigenvalue weighted by molar-refractivity contribution is -0.384. The molecule has 0 aromatic carbocycles.